The van der Waals surface area contributed by atoms with E-state index in [1.54, 1.807) is 0 Å². The van der Waals surface area contributed by atoms with Gasteiger partial charge in [0.25, 0.3) is 0 Å². The predicted molar refractivity (Wildman–Crippen MR) is 82.3 cm³/mol. The molecule has 0 bridgehead atoms. The first kappa shape index (κ1) is 18.6. The standard InChI is InChI=1S/C9H12.C8H12.CH3.Ir/c1-2-5-9-7-3-6-8(9)4-1;1-2-4-6-8-7-5-3-1;;/h1-2,4-5,8-9H,3,6-7H2;1-2,7-8H,3-6H2;1H3;/q;;-1;/b;2-1-,8-7-;;. The normalized spacial score (nSPS) is 30.3. The summed E-state index contributed by atoms with van der Waals surface area (Å²) in [5.74, 6) is 1.80. The van der Waals surface area contributed by atoms with Gasteiger partial charge in [0.15, 0.2) is 0 Å². The van der Waals surface area contributed by atoms with E-state index in [-0.39, 0.29) is 27.5 Å². The van der Waals surface area contributed by atoms with Gasteiger partial charge in [-0.2, -0.15) is 0 Å². The van der Waals surface area contributed by atoms with E-state index < -0.39 is 0 Å². The molecule has 0 aromatic rings. The van der Waals surface area contributed by atoms with Gasteiger partial charge in [-0.1, -0.05) is 55.0 Å². The molecule has 0 saturated heterocycles. The Morgan fingerprint density at radius 3 is 1.37 bits per heavy atom. The van der Waals surface area contributed by atoms with Gasteiger partial charge >= 0.3 is 0 Å². The van der Waals surface area contributed by atoms with Crippen LogP contribution >= 0.6 is 0 Å². The molecule has 109 valence electrons. The zero-order valence-corrected chi connectivity index (χ0v) is 14.5. The molecule has 3 aliphatic carbocycles. The smallest absolute Gasteiger partial charge is 0 e. The first-order valence-electron chi connectivity index (χ1n) is 7.12. The fraction of sp³-hybridized carbons (Fsp3) is 0.500. The zero-order chi connectivity index (χ0) is 11.8. The van der Waals surface area contributed by atoms with E-state index in [9.17, 15) is 0 Å². The summed E-state index contributed by atoms with van der Waals surface area (Å²) in [5, 5.41) is 0. The molecule has 1 radical (unpaired) electrons. The minimum Gasteiger partial charge on any atom is -0.358 e. The van der Waals surface area contributed by atoms with Gasteiger partial charge in [-0.3, -0.25) is 0 Å². The Balaban J connectivity index is 0.000000311. The van der Waals surface area contributed by atoms with Crippen LogP contribution in [0.15, 0.2) is 48.6 Å². The fourth-order valence-electron chi connectivity index (χ4n) is 2.77. The molecule has 0 nitrogen and oxygen atoms in total. The molecular weight excluding hydrogens is 408 g/mol. The number of rotatable bonds is 0. The van der Waals surface area contributed by atoms with E-state index in [1.807, 2.05) is 0 Å². The van der Waals surface area contributed by atoms with Gasteiger partial charge in [0.05, 0.1) is 0 Å². The molecule has 1 heteroatoms. The van der Waals surface area contributed by atoms with Crippen molar-refractivity contribution < 1.29 is 20.1 Å². The predicted octanol–water partition coefficient (Wildman–Crippen LogP) is 5.65. The van der Waals surface area contributed by atoms with Crippen LogP contribution in [0.25, 0.3) is 0 Å². The van der Waals surface area contributed by atoms with Crippen LogP contribution < -0.4 is 0 Å². The van der Waals surface area contributed by atoms with Crippen molar-refractivity contribution in [1.82, 2.24) is 0 Å². The van der Waals surface area contributed by atoms with Crippen LogP contribution in [-0.2, 0) is 20.1 Å². The average molecular weight is 436 g/mol. The van der Waals surface area contributed by atoms with Gasteiger partial charge in [-0.25, -0.2) is 0 Å². The largest absolute Gasteiger partial charge is 0.358 e. The van der Waals surface area contributed by atoms with Crippen LogP contribution in [0, 0.1) is 19.3 Å². The molecule has 2 unspecified atom stereocenters. The average Bonchev–Trinajstić information content (AvgIpc) is 2.76. The molecule has 3 aliphatic rings. The Morgan fingerprint density at radius 2 is 1.00 bits per heavy atom. The van der Waals surface area contributed by atoms with Gasteiger partial charge < -0.3 is 7.43 Å². The minimum absolute atomic E-state index is 0. The zero-order valence-electron chi connectivity index (χ0n) is 12.1. The molecule has 19 heavy (non-hydrogen) atoms. The molecule has 0 spiro atoms. The van der Waals surface area contributed by atoms with Crippen molar-refractivity contribution in [2.75, 3.05) is 0 Å². The maximum atomic E-state index is 2.36. The van der Waals surface area contributed by atoms with E-state index in [0.717, 1.165) is 11.8 Å². The summed E-state index contributed by atoms with van der Waals surface area (Å²) in [7, 11) is 0. The van der Waals surface area contributed by atoms with Crippen LogP contribution in [0.5, 0.6) is 0 Å². The third kappa shape index (κ3) is 7.08. The Kier molecular flexibility index (Phi) is 11.2. The van der Waals surface area contributed by atoms with E-state index in [0.29, 0.717) is 0 Å². The second-order valence-corrected chi connectivity index (χ2v) is 5.13. The number of allylic oxidation sites excluding steroid dienone is 8. The van der Waals surface area contributed by atoms with Gasteiger partial charge in [-0.15, -0.1) is 0 Å². The van der Waals surface area contributed by atoms with Crippen LogP contribution in [0.2, 0.25) is 0 Å². The maximum absolute atomic E-state index is 2.36. The fourth-order valence-corrected chi connectivity index (χ4v) is 2.77. The Hall–Kier alpha value is -0.391. The molecule has 2 atom stereocenters. The summed E-state index contributed by atoms with van der Waals surface area (Å²) in [6, 6.07) is 0. The molecule has 0 aromatic carbocycles. The SMILES string of the molecule is C1=CC2CCCC2C=C1.C1=C\CC/C=C\CC/1.[CH3-].[Ir]. The molecule has 3 rings (SSSR count). The van der Waals surface area contributed by atoms with E-state index in [1.165, 1.54) is 44.9 Å². The van der Waals surface area contributed by atoms with Gasteiger partial charge in [0, 0.05) is 20.1 Å². The monoisotopic (exact) mass is 436 g/mol. The van der Waals surface area contributed by atoms with E-state index in [2.05, 4.69) is 48.6 Å². The maximum Gasteiger partial charge on any atom is 0 e. The van der Waals surface area contributed by atoms with Crippen molar-refractivity contribution in [2.45, 2.75) is 44.9 Å². The number of hydrogen-bond donors (Lipinski definition) is 0. The van der Waals surface area contributed by atoms with Crippen LogP contribution in [0.1, 0.15) is 44.9 Å². The van der Waals surface area contributed by atoms with Gasteiger partial charge in [-0.05, 0) is 50.4 Å². The van der Waals surface area contributed by atoms with Crippen molar-refractivity contribution in [3.8, 4) is 0 Å². The summed E-state index contributed by atoms with van der Waals surface area (Å²) in [6.45, 7) is 0. The van der Waals surface area contributed by atoms with Crippen molar-refractivity contribution in [3.05, 3.63) is 56.0 Å². The molecule has 0 aromatic heterocycles. The third-order valence-corrected chi connectivity index (χ3v) is 3.79. The molecule has 0 heterocycles. The first-order valence-corrected chi connectivity index (χ1v) is 7.12. The van der Waals surface area contributed by atoms with Crippen molar-refractivity contribution in [2.24, 2.45) is 11.8 Å². The summed E-state index contributed by atoms with van der Waals surface area (Å²) in [4.78, 5) is 0. The number of hydrogen-bond acceptors (Lipinski definition) is 0. The van der Waals surface area contributed by atoms with Crippen LogP contribution in [0.4, 0.5) is 0 Å². The van der Waals surface area contributed by atoms with E-state index in [4.69, 9.17) is 0 Å². The summed E-state index contributed by atoms with van der Waals surface area (Å²) >= 11 is 0. The van der Waals surface area contributed by atoms with Crippen molar-refractivity contribution in [1.29, 1.82) is 0 Å². The van der Waals surface area contributed by atoms with E-state index >= 15 is 0 Å². The molecule has 1 fully saturated rings. The van der Waals surface area contributed by atoms with Gasteiger partial charge in [0.2, 0.25) is 0 Å². The number of fused-ring (bicyclic) bond motifs is 1. The topological polar surface area (TPSA) is 0 Å². The van der Waals surface area contributed by atoms with Crippen molar-refractivity contribution in [3.63, 3.8) is 0 Å². The van der Waals surface area contributed by atoms with Gasteiger partial charge in [0.1, 0.15) is 0 Å². The Bertz CT molecular complexity index is 279. The first-order chi connectivity index (χ1) is 8.47. The minimum atomic E-state index is 0. The molecule has 0 amide bonds. The quantitative estimate of drug-likeness (QED) is 0.341. The summed E-state index contributed by atoms with van der Waals surface area (Å²) in [5.41, 5.74) is 0. The summed E-state index contributed by atoms with van der Waals surface area (Å²) < 4.78 is 0. The van der Waals surface area contributed by atoms with Crippen molar-refractivity contribution >= 4 is 0 Å². The summed E-state index contributed by atoms with van der Waals surface area (Å²) in [6.07, 6.45) is 27.4. The molecule has 1 saturated carbocycles. The molecular formula is C18H27Ir-. The molecule has 0 aliphatic heterocycles. The second-order valence-electron chi connectivity index (χ2n) is 5.13. The van der Waals surface area contributed by atoms with Crippen LogP contribution in [0.3, 0.4) is 0 Å². The Morgan fingerprint density at radius 1 is 0.632 bits per heavy atom. The third-order valence-electron chi connectivity index (χ3n) is 3.79. The second kappa shape index (κ2) is 11.4. The Labute approximate surface area is 133 Å². The molecule has 0 N–H and O–H groups in total. The van der Waals surface area contributed by atoms with Crippen LogP contribution in [-0.4, -0.2) is 0 Å².